The maximum atomic E-state index is 11.9. The Morgan fingerprint density at radius 1 is 1.59 bits per heavy atom. The molecule has 0 aromatic heterocycles. The van der Waals surface area contributed by atoms with Crippen molar-refractivity contribution in [2.24, 2.45) is 0 Å². The average molecular weight is 257 g/mol. The summed E-state index contributed by atoms with van der Waals surface area (Å²) in [6.45, 7) is 2.01. The van der Waals surface area contributed by atoms with Crippen molar-refractivity contribution in [2.75, 3.05) is 12.3 Å². The van der Waals surface area contributed by atoms with Gasteiger partial charge >= 0.3 is 0 Å². The van der Waals surface area contributed by atoms with Crippen molar-refractivity contribution in [3.05, 3.63) is 28.8 Å². The van der Waals surface area contributed by atoms with Crippen molar-refractivity contribution in [1.82, 2.24) is 5.32 Å². The number of carbonyl (C=O) groups excluding carboxylic acids is 1. The van der Waals surface area contributed by atoms with Crippen molar-refractivity contribution in [3.63, 3.8) is 0 Å². The first kappa shape index (κ1) is 13.8. The number of nitrogen functional groups attached to an aromatic ring is 1. The van der Waals surface area contributed by atoms with Gasteiger partial charge in [-0.25, -0.2) is 0 Å². The minimum absolute atomic E-state index is 0.0237. The van der Waals surface area contributed by atoms with E-state index in [9.17, 15) is 4.79 Å². The molecule has 1 unspecified atom stereocenters. The normalized spacial score (nSPS) is 12.2. The second-order valence-electron chi connectivity index (χ2n) is 3.83. The van der Waals surface area contributed by atoms with Gasteiger partial charge in [0.25, 0.3) is 5.91 Å². The van der Waals surface area contributed by atoms with Crippen LogP contribution in [0.4, 0.5) is 5.69 Å². The van der Waals surface area contributed by atoms with Crippen molar-refractivity contribution >= 4 is 23.2 Å². The predicted molar refractivity (Wildman–Crippen MR) is 69.1 cm³/mol. The molecule has 0 saturated carbocycles. The number of hydrogen-bond donors (Lipinski definition) is 3. The smallest absolute Gasteiger partial charge is 0.251 e. The molecule has 0 saturated heterocycles. The zero-order valence-corrected chi connectivity index (χ0v) is 10.5. The number of halogens is 1. The van der Waals surface area contributed by atoms with E-state index in [-0.39, 0.29) is 18.6 Å². The van der Waals surface area contributed by atoms with Crippen LogP contribution in [0.5, 0.6) is 0 Å². The average Bonchev–Trinajstić information content (AvgIpc) is 2.31. The Kier molecular flexibility index (Phi) is 5.25. The number of nitrogens with two attached hydrogens (primary N) is 1. The molecule has 1 aromatic carbocycles. The van der Waals surface area contributed by atoms with E-state index in [1.807, 2.05) is 6.92 Å². The van der Waals surface area contributed by atoms with Crippen LogP contribution in [0, 0.1) is 0 Å². The van der Waals surface area contributed by atoms with Crippen molar-refractivity contribution in [3.8, 4) is 0 Å². The minimum atomic E-state index is -0.200. The Bertz CT molecular complexity index is 396. The number of benzene rings is 1. The van der Waals surface area contributed by atoms with Crippen molar-refractivity contribution in [2.45, 2.75) is 25.8 Å². The SMILES string of the molecule is CCC(CCO)NC(=O)c1ccc(Cl)c(N)c1. The van der Waals surface area contributed by atoms with Gasteiger partial charge in [0.15, 0.2) is 0 Å². The number of anilines is 1. The van der Waals surface area contributed by atoms with Crippen LogP contribution in [0.2, 0.25) is 5.02 Å². The first-order valence-corrected chi connectivity index (χ1v) is 5.93. The van der Waals surface area contributed by atoms with E-state index in [1.54, 1.807) is 18.2 Å². The van der Waals surface area contributed by atoms with Crippen LogP contribution >= 0.6 is 11.6 Å². The minimum Gasteiger partial charge on any atom is -0.398 e. The van der Waals surface area contributed by atoms with Crippen molar-refractivity contribution < 1.29 is 9.90 Å². The molecular weight excluding hydrogens is 240 g/mol. The number of aliphatic hydroxyl groups is 1. The summed E-state index contributed by atoms with van der Waals surface area (Å²) >= 11 is 5.78. The van der Waals surface area contributed by atoms with Crippen LogP contribution in [-0.2, 0) is 0 Å². The molecule has 4 nitrogen and oxygen atoms in total. The van der Waals surface area contributed by atoms with E-state index in [2.05, 4.69) is 5.32 Å². The Labute approximate surface area is 106 Å². The monoisotopic (exact) mass is 256 g/mol. The van der Waals surface area contributed by atoms with Gasteiger partial charge in [-0.1, -0.05) is 18.5 Å². The van der Waals surface area contributed by atoms with Crippen LogP contribution in [0.3, 0.4) is 0 Å². The largest absolute Gasteiger partial charge is 0.398 e. The first-order chi connectivity index (χ1) is 8.08. The maximum absolute atomic E-state index is 11.9. The van der Waals surface area contributed by atoms with Gasteiger partial charge in [-0.15, -0.1) is 0 Å². The Hall–Kier alpha value is -1.26. The van der Waals surface area contributed by atoms with E-state index in [4.69, 9.17) is 22.4 Å². The third-order valence-corrected chi connectivity index (χ3v) is 2.91. The van der Waals surface area contributed by atoms with E-state index >= 15 is 0 Å². The van der Waals surface area contributed by atoms with Gasteiger partial charge in [-0.2, -0.15) is 0 Å². The van der Waals surface area contributed by atoms with Gasteiger partial charge in [-0.05, 0) is 31.0 Å². The van der Waals surface area contributed by atoms with E-state index in [0.717, 1.165) is 6.42 Å². The fourth-order valence-electron chi connectivity index (χ4n) is 1.49. The lowest BCUT2D eigenvalue weighted by molar-refractivity contribution is 0.0929. The molecule has 4 N–H and O–H groups in total. The number of hydrogen-bond acceptors (Lipinski definition) is 3. The lowest BCUT2D eigenvalue weighted by Crippen LogP contribution is -2.35. The van der Waals surface area contributed by atoms with Crippen LogP contribution in [0.25, 0.3) is 0 Å². The fraction of sp³-hybridized carbons (Fsp3) is 0.417. The molecule has 1 aromatic rings. The molecule has 17 heavy (non-hydrogen) atoms. The van der Waals surface area contributed by atoms with Crippen LogP contribution in [-0.4, -0.2) is 23.7 Å². The zero-order valence-electron chi connectivity index (χ0n) is 9.74. The molecule has 1 rings (SSSR count). The zero-order chi connectivity index (χ0) is 12.8. The summed E-state index contributed by atoms with van der Waals surface area (Å²) in [6, 6.07) is 4.74. The highest BCUT2D eigenvalue weighted by Gasteiger charge is 2.12. The van der Waals surface area contributed by atoms with Crippen LogP contribution in [0.1, 0.15) is 30.1 Å². The Balaban J connectivity index is 2.72. The van der Waals surface area contributed by atoms with Gasteiger partial charge in [0, 0.05) is 18.2 Å². The third-order valence-electron chi connectivity index (χ3n) is 2.56. The molecule has 0 fully saturated rings. The summed E-state index contributed by atoms with van der Waals surface area (Å²) in [5.74, 6) is -0.200. The van der Waals surface area contributed by atoms with E-state index in [0.29, 0.717) is 22.7 Å². The topological polar surface area (TPSA) is 75.3 Å². The van der Waals surface area contributed by atoms with Crippen LogP contribution in [0.15, 0.2) is 18.2 Å². The summed E-state index contributed by atoms with van der Waals surface area (Å²) in [7, 11) is 0. The highest BCUT2D eigenvalue weighted by molar-refractivity contribution is 6.33. The quantitative estimate of drug-likeness (QED) is 0.704. The van der Waals surface area contributed by atoms with Gasteiger partial charge in [0.1, 0.15) is 0 Å². The van der Waals surface area contributed by atoms with Gasteiger partial charge in [0.2, 0.25) is 0 Å². The number of nitrogens with one attached hydrogen (secondary N) is 1. The molecule has 0 heterocycles. The molecule has 0 aliphatic rings. The number of amides is 1. The molecule has 1 amide bonds. The number of rotatable bonds is 5. The third kappa shape index (κ3) is 3.91. The lowest BCUT2D eigenvalue weighted by atomic mass is 10.1. The van der Waals surface area contributed by atoms with Gasteiger partial charge < -0.3 is 16.2 Å². The van der Waals surface area contributed by atoms with E-state index < -0.39 is 0 Å². The van der Waals surface area contributed by atoms with Gasteiger partial charge in [0.05, 0.1) is 10.7 Å². The highest BCUT2D eigenvalue weighted by atomic mass is 35.5. The predicted octanol–water partition coefficient (Wildman–Crippen LogP) is 1.81. The second kappa shape index (κ2) is 6.47. The number of carbonyl (C=O) groups is 1. The summed E-state index contributed by atoms with van der Waals surface area (Å²) in [4.78, 5) is 11.9. The summed E-state index contributed by atoms with van der Waals surface area (Å²) in [5, 5.41) is 12.1. The molecule has 0 radical (unpaired) electrons. The molecule has 1 atom stereocenters. The summed E-state index contributed by atoms with van der Waals surface area (Å²) in [6.07, 6.45) is 1.32. The number of aliphatic hydroxyl groups excluding tert-OH is 1. The van der Waals surface area contributed by atoms with Crippen molar-refractivity contribution in [1.29, 1.82) is 0 Å². The highest BCUT2D eigenvalue weighted by Crippen LogP contribution is 2.19. The molecule has 5 heteroatoms. The molecular formula is C12H17ClN2O2. The summed E-state index contributed by atoms with van der Waals surface area (Å²) in [5.41, 5.74) is 6.49. The molecule has 94 valence electrons. The molecule has 0 bridgehead atoms. The van der Waals surface area contributed by atoms with Crippen LogP contribution < -0.4 is 11.1 Å². The Morgan fingerprint density at radius 2 is 2.29 bits per heavy atom. The second-order valence-corrected chi connectivity index (χ2v) is 4.23. The van der Waals surface area contributed by atoms with Gasteiger partial charge in [-0.3, -0.25) is 4.79 Å². The molecule has 0 aliphatic carbocycles. The summed E-state index contributed by atoms with van der Waals surface area (Å²) < 4.78 is 0. The maximum Gasteiger partial charge on any atom is 0.251 e. The lowest BCUT2D eigenvalue weighted by Gasteiger charge is -2.15. The first-order valence-electron chi connectivity index (χ1n) is 5.55. The molecule has 0 aliphatic heterocycles. The fourth-order valence-corrected chi connectivity index (χ4v) is 1.61. The van der Waals surface area contributed by atoms with E-state index in [1.165, 1.54) is 0 Å². The Morgan fingerprint density at radius 3 is 2.82 bits per heavy atom. The standard InChI is InChI=1S/C12H17ClN2O2/c1-2-9(5-6-16)15-12(17)8-3-4-10(13)11(14)7-8/h3-4,7,9,16H,2,5-6,14H2,1H3,(H,15,17). The molecule has 0 spiro atoms.